The highest BCUT2D eigenvalue weighted by Gasteiger charge is 2.18. The second-order valence-electron chi connectivity index (χ2n) is 3.61. The number of hydrogen-bond acceptors (Lipinski definition) is 2. The summed E-state index contributed by atoms with van der Waals surface area (Å²) in [6.07, 6.45) is 0. The molecule has 2 aromatic heterocycles. The van der Waals surface area contributed by atoms with Crippen molar-refractivity contribution in [2.45, 2.75) is 20.4 Å². The van der Waals surface area contributed by atoms with Crippen LogP contribution in [-0.4, -0.2) is 0 Å². The molecule has 0 spiro atoms. The van der Waals surface area contributed by atoms with Gasteiger partial charge in [-0.2, -0.15) is 4.57 Å². The van der Waals surface area contributed by atoms with Gasteiger partial charge in [0.2, 0.25) is 10.5 Å². The lowest BCUT2D eigenvalue weighted by Crippen LogP contribution is -2.33. The van der Waals surface area contributed by atoms with Gasteiger partial charge in [0.1, 0.15) is 11.2 Å². The normalized spacial score (nSPS) is 11.6. The van der Waals surface area contributed by atoms with E-state index in [-0.39, 0.29) is 0 Å². The monoisotopic (exact) mass is 234 g/mol. The van der Waals surface area contributed by atoms with Crippen molar-refractivity contribution in [3.8, 4) is 0 Å². The lowest BCUT2D eigenvalue weighted by molar-refractivity contribution is -0.668. The van der Waals surface area contributed by atoms with Crippen molar-refractivity contribution >= 4 is 43.0 Å². The van der Waals surface area contributed by atoms with Crippen molar-refractivity contribution in [1.82, 2.24) is 0 Å². The number of fused-ring (bicyclic) bond motifs is 3. The van der Waals surface area contributed by atoms with Gasteiger partial charge in [-0.15, -0.1) is 11.3 Å². The fourth-order valence-electron chi connectivity index (χ4n) is 2.12. The number of thiazole rings is 1. The summed E-state index contributed by atoms with van der Waals surface area (Å²) in [4.78, 5) is 0. The second-order valence-corrected chi connectivity index (χ2v) is 5.79. The van der Waals surface area contributed by atoms with E-state index in [1.807, 2.05) is 22.7 Å². The summed E-state index contributed by atoms with van der Waals surface area (Å²) in [5, 5.41) is 4.98. The average molecular weight is 234 g/mol. The number of aryl methyl sites for hydroxylation is 2. The molecule has 0 saturated carbocycles. The summed E-state index contributed by atoms with van der Waals surface area (Å²) in [6, 6.07) is 6.72. The molecule has 3 rings (SSSR count). The predicted molar refractivity (Wildman–Crippen MR) is 67.8 cm³/mol. The molecule has 76 valence electrons. The molecule has 0 aliphatic carbocycles. The van der Waals surface area contributed by atoms with Gasteiger partial charge in [0.15, 0.2) is 0 Å². The zero-order valence-electron chi connectivity index (χ0n) is 8.78. The molecule has 2 heterocycles. The van der Waals surface area contributed by atoms with E-state index in [0.717, 1.165) is 6.54 Å². The van der Waals surface area contributed by atoms with Crippen LogP contribution in [0.4, 0.5) is 0 Å². The summed E-state index contributed by atoms with van der Waals surface area (Å²) < 4.78 is 5.21. The van der Waals surface area contributed by atoms with Crippen LogP contribution in [0.25, 0.3) is 20.3 Å². The van der Waals surface area contributed by atoms with Crippen molar-refractivity contribution < 1.29 is 4.57 Å². The van der Waals surface area contributed by atoms with Gasteiger partial charge in [0.25, 0.3) is 0 Å². The Morgan fingerprint density at radius 1 is 1.20 bits per heavy atom. The number of benzene rings is 1. The Morgan fingerprint density at radius 2 is 2.00 bits per heavy atom. The third-order valence-corrected chi connectivity index (χ3v) is 4.74. The Hall–Kier alpha value is -0.930. The number of aromatic nitrogens is 1. The molecule has 0 saturated heterocycles. The molecule has 0 amide bonds. The summed E-state index contributed by atoms with van der Waals surface area (Å²) in [5.74, 6) is 0. The molecule has 0 unspecified atom stereocenters. The topological polar surface area (TPSA) is 3.88 Å². The first-order chi connectivity index (χ1) is 7.31. The highest BCUT2D eigenvalue weighted by molar-refractivity contribution is 7.19. The molecule has 0 atom stereocenters. The maximum absolute atomic E-state index is 2.41. The van der Waals surface area contributed by atoms with Crippen LogP contribution in [0.3, 0.4) is 0 Å². The standard InChI is InChI=1S/C12H12NS2/c1-3-13-8(2)15-11-5-4-10-9(12(11)13)6-7-14-10/h4-7H,3H2,1-2H3/q+1. The second kappa shape index (κ2) is 3.29. The van der Waals surface area contributed by atoms with Gasteiger partial charge < -0.3 is 0 Å². The van der Waals surface area contributed by atoms with E-state index in [4.69, 9.17) is 0 Å². The third-order valence-electron chi connectivity index (χ3n) is 2.79. The fraction of sp³-hybridized carbons (Fsp3) is 0.250. The SMILES string of the molecule is CC[n+]1c(C)sc2ccc3sccc3c21. The molecular formula is C12H12NS2+. The van der Waals surface area contributed by atoms with E-state index in [9.17, 15) is 0 Å². The molecule has 1 aromatic carbocycles. The minimum atomic E-state index is 1.06. The molecule has 0 N–H and O–H groups in total. The van der Waals surface area contributed by atoms with Crippen molar-refractivity contribution in [2.75, 3.05) is 0 Å². The highest BCUT2D eigenvalue weighted by Crippen LogP contribution is 2.30. The van der Waals surface area contributed by atoms with Crippen molar-refractivity contribution in [1.29, 1.82) is 0 Å². The largest absolute Gasteiger partial charge is 0.235 e. The van der Waals surface area contributed by atoms with Gasteiger partial charge in [0, 0.05) is 11.6 Å². The Balaban J connectivity index is 2.58. The Morgan fingerprint density at radius 3 is 2.80 bits per heavy atom. The molecule has 3 aromatic rings. The quantitative estimate of drug-likeness (QED) is 0.565. The predicted octanol–water partition coefficient (Wildman–Crippen LogP) is 3.73. The van der Waals surface area contributed by atoms with Crippen LogP contribution in [0.5, 0.6) is 0 Å². The zero-order chi connectivity index (χ0) is 10.4. The summed E-state index contributed by atoms with van der Waals surface area (Å²) >= 11 is 3.71. The van der Waals surface area contributed by atoms with Gasteiger partial charge in [-0.25, -0.2) is 0 Å². The third kappa shape index (κ3) is 1.23. The Kier molecular flexibility index (Phi) is 2.04. The van der Waals surface area contributed by atoms with Crippen LogP contribution in [0.1, 0.15) is 11.9 Å². The summed E-state index contributed by atoms with van der Waals surface area (Å²) in [5.41, 5.74) is 1.42. The van der Waals surface area contributed by atoms with Gasteiger partial charge in [-0.05, 0) is 30.5 Å². The molecule has 0 aliphatic rings. The van der Waals surface area contributed by atoms with Gasteiger partial charge in [-0.3, -0.25) is 0 Å². The minimum Gasteiger partial charge on any atom is -0.186 e. The first-order valence-corrected chi connectivity index (χ1v) is 6.80. The lowest BCUT2D eigenvalue weighted by Gasteiger charge is -1.92. The number of rotatable bonds is 1. The fourth-order valence-corrected chi connectivity index (χ4v) is 4.01. The number of thiophene rings is 1. The number of hydrogen-bond donors (Lipinski definition) is 0. The molecule has 1 nitrogen and oxygen atoms in total. The number of nitrogens with zero attached hydrogens (tertiary/aromatic N) is 1. The maximum atomic E-state index is 2.41. The first kappa shape index (κ1) is 9.31. The average Bonchev–Trinajstić information content (AvgIpc) is 2.78. The first-order valence-electron chi connectivity index (χ1n) is 5.10. The van der Waals surface area contributed by atoms with E-state index in [0.29, 0.717) is 0 Å². The van der Waals surface area contributed by atoms with E-state index < -0.39 is 0 Å². The molecule has 3 heteroatoms. The smallest absolute Gasteiger partial charge is 0.186 e. The molecule has 15 heavy (non-hydrogen) atoms. The highest BCUT2D eigenvalue weighted by atomic mass is 32.1. The van der Waals surface area contributed by atoms with E-state index >= 15 is 0 Å². The molecule has 0 bridgehead atoms. The summed E-state index contributed by atoms with van der Waals surface area (Å²) in [7, 11) is 0. The van der Waals surface area contributed by atoms with Crippen LogP contribution >= 0.6 is 22.7 Å². The Bertz CT molecular complexity index is 633. The van der Waals surface area contributed by atoms with Gasteiger partial charge >= 0.3 is 0 Å². The van der Waals surface area contributed by atoms with Crippen molar-refractivity contribution in [3.05, 3.63) is 28.6 Å². The molecule has 0 radical (unpaired) electrons. The molecule has 0 fully saturated rings. The van der Waals surface area contributed by atoms with E-state index in [1.54, 1.807) is 0 Å². The van der Waals surface area contributed by atoms with Crippen LogP contribution < -0.4 is 4.57 Å². The maximum Gasteiger partial charge on any atom is 0.235 e. The van der Waals surface area contributed by atoms with Crippen LogP contribution in [-0.2, 0) is 6.54 Å². The van der Waals surface area contributed by atoms with Crippen LogP contribution in [0.2, 0.25) is 0 Å². The van der Waals surface area contributed by atoms with Crippen molar-refractivity contribution in [2.24, 2.45) is 0 Å². The minimum absolute atomic E-state index is 1.06. The van der Waals surface area contributed by atoms with Crippen LogP contribution in [0.15, 0.2) is 23.6 Å². The van der Waals surface area contributed by atoms with Gasteiger partial charge in [-0.1, -0.05) is 11.3 Å². The van der Waals surface area contributed by atoms with Crippen molar-refractivity contribution in [3.63, 3.8) is 0 Å². The molecule has 0 aliphatic heterocycles. The van der Waals surface area contributed by atoms with E-state index in [1.165, 1.54) is 25.3 Å². The summed E-state index contributed by atoms with van der Waals surface area (Å²) in [6.45, 7) is 5.47. The zero-order valence-corrected chi connectivity index (χ0v) is 10.4. The molecular weight excluding hydrogens is 222 g/mol. The van der Waals surface area contributed by atoms with Crippen LogP contribution in [0, 0.1) is 6.92 Å². The Labute approximate surface area is 96.6 Å². The lowest BCUT2D eigenvalue weighted by atomic mass is 10.2. The van der Waals surface area contributed by atoms with Gasteiger partial charge in [0.05, 0.1) is 5.39 Å². The van der Waals surface area contributed by atoms with E-state index in [2.05, 4.69) is 42.0 Å².